The number of halogens is 2. The highest BCUT2D eigenvalue weighted by molar-refractivity contribution is 6.30. The smallest absolute Gasteiger partial charge is 0.182 e. The second kappa shape index (κ2) is 8.01. The van der Waals surface area contributed by atoms with Crippen LogP contribution in [0.2, 0.25) is 5.02 Å². The van der Waals surface area contributed by atoms with Crippen LogP contribution < -0.4 is 0 Å². The fraction of sp³-hybridized carbons (Fsp3) is 0.160. The Morgan fingerprint density at radius 2 is 1.61 bits per heavy atom. The van der Waals surface area contributed by atoms with Gasteiger partial charge in [-0.2, -0.15) is 5.10 Å². The first-order chi connectivity index (χ1) is 15.8. The minimum atomic E-state index is -0.478. The maximum absolute atomic E-state index is 14.9. The number of fused-ring (bicyclic) bond motifs is 1. The van der Waals surface area contributed by atoms with Crippen molar-refractivity contribution in [1.82, 2.24) is 29.7 Å². The summed E-state index contributed by atoms with van der Waals surface area (Å²) >= 11 is 5.98. The zero-order valence-electron chi connectivity index (χ0n) is 18.6. The molecule has 5 rings (SSSR count). The van der Waals surface area contributed by atoms with Crippen LogP contribution in [-0.4, -0.2) is 29.7 Å². The molecule has 2 aromatic carbocycles. The molecule has 8 heteroatoms. The van der Waals surface area contributed by atoms with Gasteiger partial charge in [-0.25, -0.2) is 24.3 Å². The van der Waals surface area contributed by atoms with Gasteiger partial charge >= 0.3 is 0 Å². The maximum Gasteiger partial charge on any atom is 0.182 e. The highest BCUT2D eigenvalue weighted by Gasteiger charge is 2.18. The average molecular weight is 459 g/mol. The number of aryl methyl sites for hydroxylation is 4. The monoisotopic (exact) mass is 458 g/mol. The standard InChI is InChI=1S/C25H20ClFN6/c1-13-7-16(18-11-28-33(4)12-18)9-17(8-13)24-31-22(20-6-5-19(26)10-21(20)27)23-25(32-24)30-15(3)14(2)29-23/h5-12H,1-4H3. The molecule has 164 valence electrons. The molecule has 0 radical (unpaired) electrons. The third kappa shape index (κ3) is 3.96. The Balaban J connectivity index is 1.78. The third-order valence-corrected chi connectivity index (χ3v) is 5.74. The first-order valence-electron chi connectivity index (χ1n) is 10.4. The van der Waals surface area contributed by atoms with E-state index in [9.17, 15) is 4.39 Å². The lowest BCUT2D eigenvalue weighted by atomic mass is 10.0. The van der Waals surface area contributed by atoms with Crippen LogP contribution in [0, 0.1) is 26.6 Å². The van der Waals surface area contributed by atoms with Gasteiger partial charge in [0.15, 0.2) is 11.5 Å². The predicted molar refractivity (Wildman–Crippen MR) is 127 cm³/mol. The van der Waals surface area contributed by atoms with Gasteiger partial charge in [-0.1, -0.05) is 17.7 Å². The van der Waals surface area contributed by atoms with Gasteiger partial charge in [-0.05, 0) is 62.2 Å². The summed E-state index contributed by atoms with van der Waals surface area (Å²) < 4.78 is 16.7. The van der Waals surface area contributed by atoms with Crippen molar-refractivity contribution in [3.63, 3.8) is 0 Å². The number of aromatic nitrogens is 6. The van der Waals surface area contributed by atoms with E-state index in [0.29, 0.717) is 33.3 Å². The quantitative estimate of drug-likeness (QED) is 0.338. The van der Waals surface area contributed by atoms with E-state index in [-0.39, 0.29) is 0 Å². The van der Waals surface area contributed by atoms with Crippen LogP contribution in [0.1, 0.15) is 17.0 Å². The summed E-state index contributed by atoms with van der Waals surface area (Å²) in [7, 11) is 1.88. The summed E-state index contributed by atoms with van der Waals surface area (Å²) in [6.07, 6.45) is 3.76. The van der Waals surface area contributed by atoms with E-state index in [1.54, 1.807) is 16.8 Å². The Morgan fingerprint density at radius 1 is 0.848 bits per heavy atom. The predicted octanol–water partition coefficient (Wildman–Crippen LogP) is 5.87. The minimum absolute atomic E-state index is 0.297. The largest absolute Gasteiger partial charge is 0.275 e. The lowest BCUT2D eigenvalue weighted by Gasteiger charge is -2.12. The van der Waals surface area contributed by atoms with Gasteiger partial charge in [0.1, 0.15) is 17.0 Å². The van der Waals surface area contributed by atoms with Crippen LogP contribution >= 0.6 is 11.6 Å². The Labute approximate surface area is 195 Å². The molecule has 0 atom stereocenters. The molecule has 0 fully saturated rings. The second-order valence-electron chi connectivity index (χ2n) is 8.08. The van der Waals surface area contributed by atoms with Crippen LogP contribution in [0.3, 0.4) is 0 Å². The first-order valence-corrected chi connectivity index (χ1v) is 10.8. The van der Waals surface area contributed by atoms with Gasteiger partial charge in [0.25, 0.3) is 0 Å². The highest BCUT2D eigenvalue weighted by atomic mass is 35.5. The molecule has 0 saturated heterocycles. The van der Waals surface area contributed by atoms with Crippen LogP contribution in [0.5, 0.6) is 0 Å². The summed E-state index contributed by atoms with van der Waals surface area (Å²) in [4.78, 5) is 18.7. The molecule has 0 bridgehead atoms. The third-order valence-electron chi connectivity index (χ3n) is 5.50. The van der Waals surface area contributed by atoms with E-state index in [0.717, 1.165) is 33.6 Å². The average Bonchev–Trinajstić information content (AvgIpc) is 3.20. The van der Waals surface area contributed by atoms with Gasteiger partial charge in [-0.3, -0.25) is 4.68 Å². The first kappa shape index (κ1) is 21.2. The summed E-state index contributed by atoms with van der Waals surface area (Å²) in [5.41, 5.74) is 6.85. The van der Waals surface area contributed by atoms with Gasteiger partial charge in [0.05, 0.1) is 17.6 Å². The van der Waals surface area contributed by atoms with Gasteiger partial charge in [0.2, 0.25) is 0 Å². The number of benzene rings is 2. The molecule has 0 saturated carbocycles. The number of hydrogen-bond donors (Lipinski definition) is 0. The SMILES string of the molecule is Cc1cc(-c2cnn(C)c2)cc(-c2nc(-c3ccc(Cl)cc3F)c3nc(C)c(C)nc3n2)c1. The summed E-state index contributed by atoms with van der Waals surface area (Å²) in [6, 6.07) is 10.6. The minimum Gasteiger partial charge on any atom is -0.275 e. The highest BCUT2D eigenvalue weighted by Crippen LogP contribution is 2.32. The molecule has 3 heterocycles. The molecular formula is C25H20ClFN6. The normalized spacial score (nSPS) is 11.3. The van der Waals surface area contributed by atoms with Crippen molar-refractivity contribution in [3.8, 4) is 33.8 Å². The Morgan fingerprint density at radius 3 is 2.33 bits per heavy atom. The van der Waals surface area contributed by atoms with Crippen LogP contribution in [-0.2, 0) is 7.05 Å². The van der Waals surface area contributed by atoms with E-state index >= 15 is 0 Å². The number of hydrogen-bond acceptors (Lipinski definition) is 5. The van der Waals surface area contributed by atoms with Gasteiger partial charge in [-0.15, -0.1) is 0 Å². The molecule has 0 unspecified atom stereocenters. The van der Waals surface area contributed by atoms with Crippen LogP contribution in [0.4, 0.5) is 4.39 Å². The Kier molecular flexibility index (Phi) is 5.13. The molecule has 0 aliphatic carbocycles. The zero-order valence-corrected chi connectivity index (χ0v) is 19.3. The zero-order chi connectivity index (χ0) is 23.3. The number of nitrogens with zero attached hydrogens (tertiary/aromatic N) is 6. The summed E-state index contributed by atoms with van der Waals surface area (Å²) in [6.45, 7) is 5.75. The van der Waals surface area contributed by atoms with E-state index in [1.807, 2.05) is 52.3 Å². The molecule has 3 aromatic heterocycles. The topological polar surface area (TPSA) is 69.4 Å². The van der Waals surface area contributed by atoms with Crippen molar-refractivity contribution < 1.29 is 4.39 Å². The molecule has 0 N–H and O–H groups in total. The molecule has 0 spiro atoms. The van der Waals surface area contributed by atoms with Crippen molar-refractivity contribution >= 4 is 22.8 Å². The fourth-order valence-corrected chi connectivity index (χ4v) is 3.92. The van der Waals surface area contributed by atoms with Crippen molar-refractivity contribution in [2.45, 2.75) is 20.8 Å². The van der Waals surface area contributed by atoms with E-state index < -0.39 is 5.82 Å². The fourth-order valence-electron chi connectivity index (χ4n) is 3.76. The molecule has 0 aliphatic rings. The number of rotatable bonds is 3. The van der Waals surface area contributed by atoms with Crippen molar-refractivity contribution in [1.29, 1.82) is 0 Å². The van der Waals surface area contributed by atoms with Crippen molar-refractivity contribution in [2.24, 2.45) is 7.05 Å². The molecule has 33 heavy (non-hydrogen) atoms. The lowest BCUT2D eigenvalue weighted by Crippen LogP contribution is -2.03. The molecule has 6 nitrogen and oxygen atoms in total. The van der Waals surface area contributed by atoms with Crippen molar-refractivity contribution in [3.05, 3.63) is 76.6 Å². The molecule has 5 aromatic rings. The lowest BCUT2D eigenvalue weighted by molar-refractivity contribution is 0.631. The van der Waals surface area contributed by atoms with E-state index in [2.05, 4.69) is 21.1 Å². The van der Waals surface area contributed by atoms with E-state index in [1.165, 1.54) is 6.07 Å². The van der Waals surface area contributed by atoms with Gasteiger partial charge < -0.3 is 0 Å². The van der Waals surface area contributed by atoms with Gasteiger partial charge in [0, 0.05) is 35.0 Å². The molecular weight excluding hydrogens is 439 g/mol. The van der Waals surface area contributed by atoms with E-state index in [4.69, 9.17) is 21.6 Å². The summed E-state index contributed by atoms with van der Waals surface area (Å²) in [5, 5.41) is 4.58. The van der Waals surface area contributed by atoms with Crippen LogP contribution in [0.15, 0.2) is 48.8 Å². The maximum atomic E-state index is 14.9. The summed E-state index contributed by atoms with van der Waals surface area (Å²) in [5.74, 6) is -0.0352. The molecule has 0 amide bonds. The van der Waals surface area contributed by atoms with Crippen LogP contribution in [0.25, 0.3) is 44.9 Å². The Bertz CT molecular complexity index is 1540. The van der Waals surface area contributed by atoms with Crippen molar-refractivity contribution in [2.75, 3.05) is 0 Å². The molecule has 0 aliphatic heterocycles. The Hall–Kier alpha value is -3.71. The second-order valence-corrected chi connectivity index (χ2v) is 8.51.